The first-order chi connectivity index (χ1) is 15.4. The molecule has 3 aromatic rings. The van der Waals surface area contributed by atoms with Crippen LogP contribution < -0.4 is 10.2 Å². The zero-order valence-corrected chi connectivity index (χ0v) is 19.4. The lowest BCUT2D eigenvalue weighted by Crippen LogP contribution is -2.49. The van der Waals surface area contributed by atoms with E-state index in [0.29, 0.717) is 22.4 Å². The number of halogens is 1. The molecule has 0 saturated carbocycles. The van der Waals surface area contributed by atoms with Crippen LogP contribution in [0, 0.1) is 0 Å². The van der Waals surface area contributed by atoms with E-state index in [1.54, 1.807) is 18.0 Å². The fourth-order valence-corrected chi connectivity index (χ4v) is 3.97. The molecular weight excluding hydrogens is 440 g/mol. The number of benzene rings is 3. The van der Waals surface area contributed by atoms with Crippen LogP contribution in [0.4, 0.5) is 5.69 Å². The van der Waals surface area contributed by atoms with Crippen molar-refractivity contribution in [1.82, 2.24) is 10.2 Å². The van der Waals surface area contributed by atoms with Crippen LogP contribution in [0.5, 0.6) is 0 Å². The van der Waals surface area contributed by atoms with Gasteiger partial charge in [0.2, 0.25) is 6.17 Å². The van der Waals surface area contributed by atoms with Gasteiger partial charge in [0.1, 0.15) is 0 Å². The molecule has 1 aliphatic rings. The van der Waals surface area contributed by atoms with Crippen molar-refractivity contribution in [3.05, 3.63) is 101 Å². The van der Waals surface area contributed by atoms with Crippen LogP contribution >= 0.6 is 23.8 Å². The van der Waals surface area contributed by atoms with Crippen LogP contribution in [0.2, 0.25) is 5.02 Å². The number of thiocarbonyl (C=S) groups is 1. The van der Waals surface area contributed by atoms with Crippen molar-refractivity contribution in [2.75, 3.05) is 19.0 Å². The third-order valence-electron chi connectivity index (χ3n) is 5.31. The maximum absolute atomic E-state index is 13.3. The van der Waals surface area contributed by atoms with E-state index in [4.69, 9.17) is 28.8 Å². The minimum Gasteiger partial charge on any atom is -0.348 e. The van der Waals surface area contributed by atoms with E-state index in [0.717, 1.165) is 22.4 Å². The Kier molecular flexibility index (Phi) is 6.53. The summed E-state index contributed by atoms with van der Waals surface area (Å²) in [6, 6.07) is 25.3. The van der Waals surface area contributed by atoms with Crippen molar-refractivity contribution in [3.8, 4) is 0 Å². The summed E-state index contributed by atoms with van der Waals surface area (Å²) >= 11 is 11.9. The van der Waals surface area contributed by atoms with E-state index in [1.165, 1.54) is 0 Å². The molecule has 0 spiro atoms. The Morgan fingerprint density at radius 1 is 1.09 bits per heavy atom. The number of carbonyl (C=O) groups excluding carboxylic acids is 1. The van der Waals surface area contributed by atoms with Gasteiger partial charge in [0, 0.05) is 36.8 Å². The number of amides is 1. The second-order valence-electron chi connectivity index (χ2n) is 7.60. The lowest BCUT2D eigenvalue weighted by Gasteiger charge is -2.25. The third kappa shape index (κ3) is 4.66. The second kappa shape index (κ2) is 9.51. The quantitative estimate of drug-likeness (QED) is 0.580. The van der Waals surface area contributed by atoms with E-state index in [-0.39, 0.29) is 5.91 Å². The zero-order valence-electron chi connectivity index (χ0n) is 17.8. The lowest BCUT2D eigenvalue weighted by atomic mass is 10.0. The molecule has 1 aliphatic heterocycles. The highest BCUT2D eigenvalue weighted by Crippen LogP contribution is 2.29. The maximum Gasteiger partial charge on any atom is 0.272 e. The molecule has 0 radical (unpaired) electrons. The summed E-state index contributed by atoms with van der Waals surface area (Å²) < 4.78 is 0. The fraction of sp³-hybridized carbons (Fsp3) is 0.160. The number of fused-ring (bicyclic) bond motifs is 1. The van der Waals surface area contributed by atoms with Crippen LogP contribution in [0.1, 0.15) is 16.7 Å². The van der Waals surface area contributed by atoms with E-state index >= 15 is 0 Å². The molecule has 32 heavy (non-hydrogen) atoms. The van der Waals surface area contributed by atoms with Crippen LogP contribution in [0.15, 0.2) is 83.9 Å². The summed E-state index contributed by atoms with van der Waals surface area (Å²) in [5.74, 6) is -0.199. The fourth-order valence-electron chi connectivity index (χ4n) is 3.62. The normalized spacial score (nSPS) is 15.5. The number of benzodiazepines with no additional fused rings is 1. The Morgan fingerprint density at radius 2 is 1.75 bits per heavy atom. The highest BCUT2D eigenvalue weighted by Gasteiger charge is 2.31. The molecule has 0 aromatic heterocycles. The van der Waals surface area contributed by atoms with Gasteiger partial charge in [-0.25, -0.2) is 4.99 Å². The van der Waals surface area contributed by atoms with Crippen LogP contribution in [0.3, 0.4) is 0 Å². The smallest absolute Gasteiger partial charge is 0.272 e. The number of aliphatic imine (C=N–C) groups is 1. The third-order valence-corrected chi connectivity index (χ3v) is 5.98. The second-order valence-corrected chi connectivity index (χ2v) is 8.42. The molecule has 1 heterocycles. The molecule has 162 valence electrons. The number of likely N-dealkylation sites (N-methyl/N-ethyl adjacent to an activating group) is 1. The number of hydrogen-bond donors (Lipinski definition) is 1. The van der Waals surface area contributed by atoms with Gasteiger partial charge in [0.05, 0.1) is 11.4 Å². The average Bonchev–Trinajstić information content (AvgIpc) is 2.90. The van der Waals surface area contributed by atoms with Crippen molar-refractivity contribution in [2.24, 2.45) is 4.99 Å². The Bertz CT molecular complexity index is 1170. The number of hydrogen-bond acceptors (Lipinski definition) is 3. The van der Waals surface area contributed by atoms with Gasteiger partial charge >= 0.3 is 0 Å². The maximum atomic E-state index is 13.3. The van der Waals surface area contributed by atoms with Gasteiger partial charge in [-0.05, 0) is 36.0 Å². The number of nitrogens with zero attached hydrogens (tertiary/aromatic N) is 3. The molecule has 0 fully saturated rings. The standard InChI is InChI=1S/C25H23ClN4OS/c1-29(16-17-9-5-3-6-10-17)25(32)28-23-24(31)30(2)21-14-13-19(26)15-20(21)22(27-23)18-11-7-4-8-12-18/h3-15,23H,16H2,1-2H3,(H,28,32). The van der Waals surface area contributed by atoms with E-state index in [2.05, 4.69) is 5.32 Å². The van der Waals surface area contributed by atoms with Crippen LogP contribution in [0.25, 0.3) is 0 Å². The number of carbonyl (C=O) groups is 1. The number of anilines is 1. The van der Waals surface area contributed by atoms with Gasteiger partial charge in [0.25, 0.3) is 5.91 Å². The molecule has 0 saturated heterocycles. The summed E-state index contributed by atoms with van der Waals surface area (Å²) in [5, 5.41) is 4.18. The van der Waals surface area contributed by atoms with Gasteiger partial charge in [0.15, 0.2) is 5.11 Å². The van der Waals surface area contributed by atoms with Crippen LogP contribution in [-0.4, -0.2) is 41.9 Å². The molecule has 3 aromatic carbocycles. The van der Waals surface area contributed by atoms with E-state index < -0.39 is 6.17 Å². The minimum atomic E-state index is -0.868. The van der Waals surface area contributed by atoms with Gasteiger partial charge in [-0.2, -0.15) is 0 Å². The minimum absolute atomic E-state index is 0.199. The summed E-state index contributed by atoms with van der Waals surface area (Å²) in [6.07, 6.45) is -0.868. The Hall–Kier alpha value is -3.22. The zero-order chi connectivity index (χ0) is 22.7. The summed E-state index contributed by atoms with van der Waals surface area (Å²) in [4.78, 5) is 21.7. The predicted molar refractivity (Wildman–Crippen MR) is 134 cm³/mol. The first kappa shape index (κ1) is 22.0. The van der Waals surface area contributed by atoms with Crippen molar-refractivity contribution in [2.45, 2.75) is 12.7 Å². The van der Waals surface area contributed by atoms with Gasteiger partial charge in [-0.15, -0.1) is 0 Å². The molecule has 1 amide bonds. The number of nitrogens with one attached hydrogen (secondary N) is 1. The van der Waals surface area contributed by atoms with E-state index in [1.807, 2.05) is 84.7 Å². The average molecular weight is 463 g/mol. The molecule has 5 nitrogen and oxygen atoms in total. The summed E-state index contributed by atoms with van der Waals surface area (Å²) in [7, 11) is 3.63. The van der Waals surface area contributed by atoms with Crippen molar-refractivity contribution >= 4 is 46.2 Å². The highest BCUT2D eigenvalue weighted by atomic mass is 35.5. The Balaban J connectivity index is 1.68. The summed E-state index contributed by atoms with van der Waals surface area (Å²) in [6.45, 7) is 0.620. The van der Waals surface area contributed by atoms with E-state index in [9.17, 15) is 4.79 Å². The molecular formula is C25H23ClN4OS. The molecule has 0 aliphatic carbocycles. The Labute approximate surface area is 198 Å². The number of rotatable bonds is 4. The topological polar surface area (TPSA) is 47.9 Å². The van der Waals surface area contributed by atoms with Crippen molar-refractivity contribution in [3.63, 3.8) is 0 Å². The lowest BCUT2D eigenvalue weighted by molar-refractivity contribution is -0.119. The van der Waals surface area contributed by atoms with Crippen LogP contribution in [-0.2, 0) is 11.3 Å². The largest absolute Gasteiger partial charge is 0.348 e. The molecule has 7 heteroatoms. The van der Waals surface area contributed by atoms with Gasteiger partial charge < -0.3 is 15.1 Å². The highest BCUT2D eigenvalue weighted by molar-refractivity contribution is 7.80. The van der Waals surface area contributed by atoms with Crippen molar-refractivity contribution < 1.29 is 4.79 Å². The predicted octanol–water partition coefficient (Wildman–Crippen LogP) is 4.49. The first-order valence-electron chi connectivity index (χ1n) is 10.2. The van der Waals surface area contributed by atoms with Crippen molar-refractivity contribution in [1.29, 1.82) is 0 Å². The Morgan fingerprint density at radius 3 is 2.44 bits per heavy atom. The molecule has 0 bridgehead atoms. The molecule has 1 N–H and O–H groups in total. The monoisotopic (exact) mass is 462 g/mol. The first-order valence-corrected chi connectivity index (χ1v) is 11.0. The molecule has 1 atom stereocenters. The van der Waals surface area contributed by atoms with Gasteiger partial charge in [-0.1, -0.05) is 72.3 Å². The molecule has 1 unspecified atom stereocenters. The SMILES string of the molecule is CN(Cc1ccccc1)C(=S)NC1N=C(c2ccccc2)c2cc(Cl)ccc2N(C)C1=O. The molecule has 4 rings (SSSR count). The van der Waals surface area contributed by atoms with Gasteiger partial charge in [-0.3, -0.25) is 4.79 Å². The summed E-state index contributed by atoms with van der Waals surface area (Å²) in [5.41, 5.74) is 4.25.